The Labute approximate surface area is 209 Å². The molecule has 206 valence electrons. The van der Waals surface area contributed by atoms with Crippen molar-refractivity contribution in [2.24, 2.45) is 0 Å². The summed E-state index contributed by atoms with van der Waals surface area (Å²) in [5.74, 6) is 0. The van der Waals surface area contributed by atoms with Gasteiger partial charge >= 0.3 is 0 Å². The van der Waals surface area contributed by atoms with E-state index in [1.807, 2.05) is 13.8 Å². The van der Waals surface area contributed by atoms with E-state index in [1.54, 1.807) is 0 Å². The standard InChI is InChI=1S/C27H56O7/c1-4-7-8-9-10-11-12-13-14-15-16-30-17-18-31-19-20-32-21-22-33-23-25(28)24-34-27(6-3)26(29)5-2/h25-29H,4-24H2,1-3H3. The molecule has 7 heteroatoms. The largest absolute Gasteiger partial charge is 0.390 e. The first-order valence-electron chi connectivity index (χ1n) is 13.9. The molecule has 0 radical (unpaired) electrons. The fraction of sp³-hybridized carbons (Fsp3) is 1.00. The number of aliphatic hydroxyl groups excluding tert-OH is 2. The first-order valence-corrected chi connectivity index (χ1v) is 13.9. The second-order valence-electron chi connectivity index (χ2n) is 9.00. The van der Waals surface area contributed by atoms with Crippen LogP contribution < -0.4 is 0 Å². The third kappa shape index (κ3) is 23.5. The molecule has 0 aliphatic carbocycles. The first kappa shape index (κ1) is 33.7. The minimum absolute atomic E-state index is 0.158. The lowest BCUT2D eigenvalue weighted by atomic mass is 10.1. The molecule has 0 amide bonds. The van der Waals surface area contributed by atoms with Gasteiger partial charge in [-0.3, -0.25) is 0 Å². The van der Waals surface area contributed by atoms with E-state index in [0.29, 0.717) is 52.5 Å². The Kier molecular flexibility index (Phi) is 27.1. The van der Waals surface area contributed by atoms with E-state index in [0.717, 1.165) is 13.0 Å². The van der Waals surface area contributed by atoms with E-state index in [-0.39, 0.29) is 19.3 Å². The maximum absolute atomic E-state index is 9.90. The molecule has 0 aromatic carbocycles. The lowest BCUT2D eigenvalue weighted by molar-refractivity contribution is -0.0867. The molecule has 0 saturated heterocycles. The molecule has 0 saturated carbocycles. The van der Waals surface area contributed by atoms with Crippen LogP contribution in [0.15, 0.2) is 0 Å². The van der Waals surface area contributed by atoms with Crippen molar-refractivity contribution in [3.05, 3.63) is 0 Å². The molecule has 0 aromatic rings. The van der Waals surface area contributed by atoms with Crippen LogP contribution in [0.1, 0.15) is 97.8 Å². The number of rotatable bonds is 28. The molecule has 3 atom stereocenters. The molecule has 34 heavy (non-hydrogen) atoms. The Balaban J connectivity index is 3.22. The third-order valence-corrected chi connectivity index (χ3v) is 5.82. The van der Waals surface area contributed by atoms with Crippen LogP contribution in [0.3, 0.4) is 0 Å². The van der Waals surface area contributed by atoms with Crippen LogP contribution in [0.5, 0.6) is 0 Å². The molecule has 0 bridgehead atoms. The fourth-order valence-corrected chi connectivity index (χ4v) is 3.62. The zero-order valence-electron chi connectivity index (χ0n) is 22.5. The van der Waals surface area contributed by atoms with Crippen LogP contribution in [0.2, 0.25) is 0 Å². The molecule has 0 aliphatic rings. The molecule has 0 spiro atoms. The molecule has 7 nitrogen and oxygen atoms in total. The van der Waals surface area contributed by atoms with E-state index in [9.17, 15) is 10.2 Å². The average molecular weight is 493 g/mol. The molecule has 0 aliphatic heterocycles. The van der Waals surface area contributed by atoms with Crippen LogP contribution >= 0.6 is 0 Å². The minimum Gasteiger partial charge on any atom is -0.390 e. The zero-order chi connectivity index (χ0) is 25.1. The summed E-state index contributed by atoms with van der Waals surface area (Å²) < 4.78 is 27.5. The predicted molar refractivity (Wildman–Crippen MR) is 137 cm³/mol. The smallest absolute Gasteiger partial charge is 0.101 e. The summed E-state index contributed by atoms with van der Waals surface area (Å²) in [6.07, 6.45) is 13.3. The Morgan fingerprint density at radius 3 is 1.47 bits per heavy atom. The van der Waals surface area contributed by atoms with E-state index >= 15 is 0 Å². The van der Waals surface area contributed by atoms with Crippen molar-refractivity contribution in [2.75, 3.05) is 59.5 Å². The van der Waals surface area contributed by atoms with Gasteiger partial charge in [-0.2, -0.15) is 0 Å². The average Bonchev–Trinajstić information content (AvgIpc) is 2.85. The van der Waals surface area contributed by atoms with Crippen molar-refractivity contribution in [3.63, 3.8) is 0 Å². The zero-order valence-corrected chi connectivity index (χ0v) is 22.5. The van der Waals surface area contributed by atoms with Gasteiger partial charge in [-0.1, -0.05) is 78.6 Å². The molecule has 0 rings (SSSR count). The molecule has 0 fully saturated rings. The van der Waals surface area contributed by atoms with E-state index in [2.05, 4.69) is 6.92 Å². The summed E-state index contributed by atoms with van der Waals surface area (Å²) in [6, 6.07) is 0. The lowest BCUT2D eigenvalue weighted by Gasteiger charge is -2.22. The van der Waals surface area contributed by atoms with Gasteiger partial charge in [0.25, 0.3) is 0 Å². The van der Waals surface area contributed by atoms with Crippen LogP contribution in [0.25, 0.3) is 0 Å². The predicted octanol–water partition coefficient (Wildman–Crippen LogP) is 4.90. The van der Waals surface area contributed by atoms with Gasteiger partial charge in [0.1, 0.15) is 6.10 Å². The molecular weight excluding hydrogens is 436 g/mol. The normalized spacial score (nSPS) is 14.4. The Morgan fingerprint density at radius 2 is 0.971 bits per heavy atom. The molecule has 0 aromatic heterocycles. The van der Waals surface area contributed by atoms with Crippen LogP contribution in [-0.2, 0) is 23.7 Å². The third-order valence-electron chi connectivity index (χ3n) is 5.82. The maximum atomic E-state index is 9.90. The monoisotopic (exact) mass is 492 g/mol. The molecule has 3 unspecified atom stereocenters. The van der Waals surface area contributed by atoms with Crippen molar-refractivity contribution in [2.45, 2.75) is 116 Å². The SMILES string of the molecule is CCCCCCCCCCCCOCCOCCOCCOCC(O)COC(CC)C(O)CC. The van der Waals surface area contributed by atoms with Gasteiger partial charge in [0.05, 0.1) is 65.1 Å². The van der Waals surface area contributed by atoms with Gasteiger partial charge in [0.15, 0.2) is 0 Å². The van der Waals surface area contributed by atoms with Crippen molar-refractivity contribution in [1.29, 1.82) is 0 Å². The van der Waals surface area contributed by atoms with Crippen molar-refractivity contribution in [1.82, 2.24) is 0 Å². The van der Waals surface area contributed by atoms with Gasteiger partial charge in [-0.05, 0) is 19.3 Å². The quantitative estimate of drug-likeness (QED) is 0.150. The Morgan fingerprint density at radius 1 is 0.500 bits per heavy atom. The van der Waals surface area contributed by atoms with Gasteiger partial charge in [0.2, 0.25) is 0 Å². The van der Waals surface area contributed by atoms with Gasteiger partial charge in [-0.25, -0.2) is 0 Å². The number of ether oxygens (including phenoxy) is 5. The highest BCUT2D eigenvalue weighted by molar-refractivity contribution is 4.66. The highest BCUT2D eigenvalue weighted by Gasteiger charge is 2.17. The summed E-state index contributed by atoms with van der Waals surface area (Å²) >= 11 is 0. The first-order chi connectivity index (χ1) is 16.7. The topological polar surface area (TPSA) is 86.6 Å². The van der Waals surface area contributed by atoms with Crippen molar-refractivity contribution < 1.29 is 33.9 Å². The van der Waals surface area contributed by atoms with E-state index in [1.165, 1.54) is 57.8 Å². The number of aliphatic hydroxyl groups is 2. The highest BCUT2D eigenvalue weighted by Crippen LogP contribution is 2.10. The molecule has 2 N–H and O–H groups in total. The summed E-state index contributed by atoms with van der Waals surface area (Å²) in [5.41, 5.74) is 0. The second-order valence-corrected chi connectivity index (χ2v) is 9.00. The lowest BCUT2D eigenvalue weighted by Crippen LogP contribution is -2.32. The van der Waals surface area contributed by atoms with Gasteiger partial charge < -0.3 is 33.9 Å². The van der Waals surface area contributed by atoms with Crippen LogP contribution in [0.4, 0.5) is 0 Å². The van der Waals surface area contributed by atoms with Crippen LogP contribution in [-0.4, -0.2) is 88.0 Å². The van der Waals surface area contributed by atoms with Gasteiger partial charge in [0, 0.05) is 6.61 Å². The Bertz CT molecular complexity index is 384. The summed E-state index contributed by atoms with van der Waals surface area (Å²) in [7, 11) is 0. The van der Waals surface area contributed by atoms with E-state index < -0.39 is 12.2 Å². The maximum Gasteiger partial charge on any atom is 0.101 e. The highest BCUT2D eigenvalue weighted by atomic mass is 16.6. The molecule has 0 heterocycles. The Hall–Kier alpha value is -0.280. The number of hydrogen-bond acceptors (Lipinski definition) is 7. The number of hydrogen-bond donors (Lipinski definition) is 2. The second kappa shape index (κ2) is 27.3. The van der Waals surface area contributed by atoms with Crippen molar-refractivity contribution in [3.8, 4) is 0 Å². The summed E-state index contributed by atoms with van der Waals surface area (Å²) in [4.78, 5) is 0. The van der Waals surface area contributed by atoms with Crippen molar-refractivity contribution >= 4 is 0 Å². The van der Waals surface area contributed by atoms with Gasteiger partial charge in [-0.15, -0.1) is 0 Å². The van der Waals surface area contributed by atoms with E-state index in [4.69, 9.17) is 23.7 Å². The fourth-order valence-electron chi connectivity index (χ4n) is 3.62. The van der Waals surface area contributed by atoms with Crippen LogP contribution in [0, 0.1) is 0 Å². The molecular formula is C27H56O7. The minimum atomic E-state index is -0.707. The summed E-state index contributed by atoms with van der Waals surface area (Å²) in [6.45, 7) is 10.4. The number of unbranched alkanes of at least 4 members (excludes halogenated alkanes) is 9. The summed E-state index contributed by atoms with van der Waals surface area (Å²) in [5, 5.41) is 19.7.